The summed E-state index contributed by atoms with van der Waals surface area (Å²) in [5.74, 6) is -0.452. The van der Waals surface area contributed by atoms with Crippen LogP contribution in [0.4, 0.5) is 4.79 Å². The van der Waals surface area contributed by atoms with Crippen molar-refractivity contribution >= 4 is 22.0 Å². The number of amides is 2. The maximum absolute atomic E-state index is 13.3. The van der Waals surface area contributed by atoms with E-state index >= 15 is 0 Å². The largest absolute Gasteiger partial charge is 0.493 e. The van der Waals surface area contributed by atoms with E-state index in [4.69, 9.17) is 9.94 Å². The number of rotatable bonds is 8. The third-order valence-electron chi connectivity index (χ3n) is 5.29. The summed E-state index contributed by atoms with van der Waals surface area (Å²) in [4.78, 5) is 27.9. The number of carbonyl (C=O) groups is 2. The van der Waals surface area contributed by atoms with Crippen molar-refractivity contribution in [3.63, 3.8) is 0 Å². The summed E-state index contributed by atoms with van der Waals surface area (Å²) in [7, 11) is -2.95. The van der Waals surface area contributed by atoms with Gasteiger partial charge in [-0.3, -0.25) is 15.0 Å². The molecule has 2 aromatic rings. The monoisotopic (exact) mass is 478 g/mol. The van der Waals surface area contributed by atoms with E-state index in [1.807, 2.05) is 12.1 Å². The van der Waals surface area contributed by atoms with Gasteiger partial charge >= 0.3 is 6.09 Å². The standard InChI is InChI=1S/C21H26N4O7S/c1-31-21(27)23-18-3-2-13-25(19(18)20(26)24-28)33(29,30)17-6-4-16(5-7-17)32-14-10-15-8-11-22-12-9-15/h4-9,11-12,18-19,28H,2-3,10,13-14H2,1H3,(H,23,27)(H,24,26). The molecule has 2 unspecified atom stereocenters. The number of pyridine rings is 1. The van der Waals surface area contributed by atoms with Gasteiger partial charge in [-0.25, -0.2) is 18.7 Å². The van der Waals surface area contributed by atoms with E-state index in [2.05, 4.69) is 15.0 Å². The van der Waals surface area contributed by atoms with Gasteiger partial charge in [-0.05, 0) is 54.8 Å². The summed E-state index contributed by atoms with van der Waals surface area (Å²) in [6, 6.07) is 7.42. The van der Waals surface area contributed by atoms with E-state index in [0.29, 0.717) is 31.6 Å². The van der Waals surface area contributed by atoms with E-state index in [9.17, 15) is 18.0 Å². The van der Waals surface area contributed by atoms with Crippen LogP contribution in [0.25, 0.3) is 0 Å². The molecule has 33 heavy (non-hydrogen) atoms. The fraction of sp³-hybridized carbons (Fsp3) is 0.381. The van der Waals surface area contributed by atoms with Gasteiger partial charge in [0.05, 0.1) is 24.7 Å². The first kappa shape index (κ1) is 24.4. The van der Waals surface area contributed by atoms with Gasteiger partial charge in [-0.2, -0.15) is 4.31 Å². The molecule has 0 bridgehead atoms. The Bertz CT molecular complexity index is 1050. The number of alkyl carbamates (subject to hydrolysis) is 1. The molecule has 1 aliphatic rings. The Morgan fingerprint density at radius 2 is 1.88 bits per heavy atom. The Labute approximate surface area is 191 Å². The van der Waals surface area contributed by atoms with Crippen molar-refractivity contribution in [1.82, 2.24) is 20.1 Å². The first-order valence-electron chi connectivity index (χ1n) is 10.3. The highest BCUT2D eigenvalue weighted by Gasteiger charge is 2.44. The number of carbonyl (C=O) groups excluding carboxylic acids is 2. The Kier molecular flexibility index (Phi) is 8.20. The molecule has 1 fully saturated rings. The summed E-state index contributed by atoms with van der Waals surface area (Å²) < 4.78 is 37.8. The van der Waals surface area contributed by atoms with Gasteiger partial charge in [0.1, 0.15) is 11.8 Å². The minimum Gasteiger partial charge on any atom is -0.493 e. The van der Waals surface area contributed by atoms with E-state index in [1.165, 1.54) is 29.7 Å². The Morgan fingerprint density at radius 1 is 1.18 bits per heavy atom. The number of benzene rings is 1. The second-order valence-corrected chi connectivity index (χ2v) is 9.24. The predicted molar refractivity (Wildman–Crippen MR) is 116 cm³/mol. The summed E-state index contributed by atoms with van der Waals surface area (Å²) in [5.41, 5.74) is 2.56. The Hall–Kier alpha value is -3.22. The molecule has 0 radical (unpaired) electrons. The number of hydrogen-bond acceptors (Lipinski definition) is 8. The van der Waals surface area contributed by atoms with Gasteiger partial charge in [-0.1, -0.05) is 0 Å². The lowest BCUT2D eigenvalue weighted by atomic mass is 9.98. The zero-order valence-corrected chi connectivity index (χ0v) is 18.8. The van der Waals surface area contributed by atoms with Gasteiger partial charge in [0.25, 0.3) is 5.91 Å². The van der Waals surface area contributed by atoms with Crippen LogP contribution in [0.15, 0.2) is 53.7 Å². The highest BCUT2D eigenvalue weighted by Crippen LogP contribution is 2.27. The maximum atomic E-state index is 13.3. The van der Waals surface area contributed by atoms with Crippen LogP contribution in [-0.4, -0.2) is 67.3 Å². The van der Waals surface area contributed by atoms with Crippen LogP contribution in [-0.2, 0) is 26.0 Å². The molecule has 1 aromatic carbocycles. The molecule has 3 rings (SSSR count). The van der Waals surface area contributed by atoms with Crippen molar-refractivity contribution in [2.75, 3.05) is 20.3 Å². The average molecular weight is 479 g/mol. The Balaban J connectivity index is 1.73. The number of hydroxylamine groups is 1. The molecule has 0 saturated carbocycles. The average Bonchev–Trinajstić information content (AvgIpc) is 2.84. The first-order valence-corrected chi connectivity index (χ1v) is 11.7. The fourth-order valence-corrected chi connectivity index (χ4v) is 5.32. The summed E-state index contributed by atoms with van der Waals surface area (Å²) in [5, 5.41) is 11.6. The summed E-state index contributed by atoms with van der Waals surface area (Å²) >= 11 is 0. The van der Waals surface area contributed by atoms with Crippen molar-refractivity contribution in [2.24, 2.45) is 0 Å². The van der Waals surface area contributed by atoms with Crippen molar-refractivity contribution in [3.05, 3.63) is 54.4 Å². The van der Waals surface area contributed by atoms with Gasteiger partial charge in [0.15, 0.2) is 0 Å². The molecule has 178 valence electrons. The number of nitrogens with zero attached hydrogens (tertiary/aromatic N) is 2. The molecule has 1 aliphatic heterocycles. The number of sulfonamides is 1. The second kappa shape index (κ2) is 11.1. The number of aromatic nitrogens is 1. The molecule has 2 atom stereocenters. The van der Waals surface area contributed by atoms with E-state index in [-0.39, 0.29) is 11.4 Å². The second-order valence-electron chi connectivity index (χ2n) is 7.35. The molecule has 11 nitrogen and oxygen atoms in total. The van der Waals surface area contributed by atoms with Crippen molar-refractivity contribution in [1.29, 1.82) is 0 Å². The van der Waals surface area contributed by atoms with Gasteiger partial charge in [-0.15, -0.1) is 0 Å². The molecule has 1 saturated heterocycles. The minimum atomic E-state index is -4.12. The maximum Gasteiger partial charge on any atom is 0.407 e. The predicted octanol–water partition coefficient (Wildman–Crippen LogP) is 1.09. The van der Waals surface area contributed by atoms with E-state index in [1.54, 1.807) is 12.4 Å². The highest BCUT2D eigenvalue weighted by atomic mass is 32.2. The Morgan fingerprint density at radius 3 is 2.52 bits per heavy atom. The zero-order chi connectivity index (χ0) is 23.8. The third-order valence-corrected chi connectivity index (χ3v) is 7.19. The van der Waals surface area contributed by atoms with Crippen LogP contribution in [0.2, 0.25) is 0 Å². The molecule has 1 aromatic heterocycles. The minimum absolute atomic E-state index is 0.0431. The topological polar surface area (TPSA) is 147 Å². The normalized spacial score (nSPS) is 18.8. The lowest BCUT2D eigenvalue weighted by Crippen LogP contribution is -2.62. The zero-order valence-electron chi connectivity index (χ0n) is 18.0. The van der Waals surface area contributed by atoms with Gasteiger partial charge in [0, 0.05) is 25.4 Å². The molecule has 12 heteroatoms. The van der Waals surface area contributed by atoms with Crippen molar-refractivity contribution in [3.8, 4) is 5.75 Å². The number of methoxy groups -OCH3 is 1. The van der Waals surface area contributed by atoms with Crippen LogP contribution in [0.5, 0.6) is 5.75 Å². The highest BCUT2D eigenvalue weighted by molar-refractivity contribution is 7.89. The smallest absolute Gasteiger partial charge is 0.407 e. The molecule has 0 spiro atoms. The molecule has 2 amide bonds. The molecule has 2 heterocycles. The van der Waals surface area contributed by atoms with Crippen LogP contribution in [0.3, 0.4) is 0 Å². The lowest BCUT2D eigenvalue weighted by molar-refractivity contribution is -0.134. The molecular weight excluding hydrogens is 452 g/mol. The summed E-state index contributed by atoms with van der Waals surface area (Å²) in [6.07, 6.45) is 4.00. The number of ether oxygens (including phenoxy) is 2. The molecular formula is C21H26N4O7S. The van der Waals surface area contributed by atoms with E-state index in [0.717, 1.165) is 17.0 Å². The summed E-state index contributed by atoms with van der Waals surface area (Å²) in [6.45, 7) is 0.450. The molecule has 0 aliphatic carbocycles. The van der Waals surface area contributed by atoms with Crippen molar-refractivity contribution in [2.45, 2.75) is 36.2 Å². The SMILES string of the molecule is COC(=O)NC1CCCN(S(=O)(=O)c2ccc(OCCc3ccncc3)cc2)C1C(=O)NO. The van der Waals surface area contributed by atoms with Crippen LogP contribution < -0.4 is 15.5 Å². The lowest BCUT2D eigenvalue weighted by Gasteiger charge is -2.38. The fourth-order valence-electron chi connectivity index (χ4n) is 3.65. The third kappa shape index (κ3) is 5.97. The van der Waals surface area contributed by atoms with Crippen molar-refractivity contribution < 1.29 is 32.7 Å². The quantitative estimate of drug-likeness (QED) is 0.377. The van der Waals surface area contributed by atoms with Gasteiger partial charge < -0.3 is 14.8 Å². The van der Waals surface area contributed by atoms with Crippen LogP contribution in [0, 0.1) is 0 Å². The molecule has 3 N–H and O–H groups in total. The van der Waals surface area contributed by atoms with E-state index < -0.39 is 34.1 Å². The number of piperidine rings is 1. The number of hydrogen-bond donors (Lipinski definition) is 3. The van der Waals surface area contributed by atoms with Crippen LogP contribution >= 0.6 is 0 Å². The van der Waals surface area contributed by atoms with Crippen LogP contribution in [0.1, 0.15) is 18.4 Å². The number of nitrogens with one attached hydrogen (secondary N) is 2. The van der Waals surface area contributed by atoms with Gasteiger partial charge in [0.2, 0.25) is 10.0 Å². The first-order chi connectivity index (χ1) is 15.9.